The quantitative estimate of drug-likeness (QED) is 0.456. The number of ether oxygens (including phenoxy) is 2. The number of nitrogens with one attached hydrogen (secondary N) is 3. The van der Waals surface area contributed by atoms with Gasteiger partial charge in [-0.2, -0.15) is 0 Å². The maximum absolute atomic E-state index is 12.4. The number of methoxy groups -OCH3 is 2. The molecule has 11 heteroatoms. The number of aliphatic hydroxyl groups excluding tert-OH is 1. The fourth-order valence-electron chi connectivity index (χ4n) is 2.62. The average molecular weight is 386 g/mol. The van der Waals surface area contributed by atoms with E-state index in [2.05, 4.69) is 30.8 Å². The van der Waals surface area contributed by atoms with Crippen molar-refractivity contribution in [2.24, 2.45) is 0 Å². The van der Waals surface area contributed by atoms with Crippen LogP contribution in [0.15, 0.2) is 30.5 Å². The highest BCUT2D eigenvalue weighted by molar-refractivity contribution is 5.95. The van der Waals surface area contributed by atoms with Crippen molar-refractivity contribution >= 4 is 28.7 Å². The number of carbonyl (C=O) groups is 2. The zero-order chi connectivity index (χ0) is 20.1. The van der Waals surface area contributed by atoms with E-state index < -0.39 is 18.0 Å². The number of carbonyl (C=O) groups excluding carboxylic acids is 2. The Bertz CT molecular complexity index is 990. The highest BCUT2D eigenvalue weighted by Crippen LogP contribution is 2.27. The molecule has 0 aliphatic rings. The SMILES string of the molecule is COC(=O)[C@@H](NC(=O)Nc1cc2[nH]nc(OC)c2c(CO)n1)c1ccccn1. The summed E-state index contributed by atoms with van der Waals surface area (Å²) in [5.74, 6) is -0.250. The van der Waals surface area contributed by atoms with Crippen molar-refractivity contribution in [2.75, 3.05) is 19.5 Å². The molecule has 0 aliphatic carbocycles. The fraction of sp³-hybridized carbons (Fsp3) is 0.235. The number of aliphatic hydroxyl groups is 1. The molecule has 0 radical (unpaired) electrons. The Labute approximate surface area is 159 Å². The predicted octanol–water partition coefficient (Wildman–Crippen LogP) is 0.890. The molecule has 3 rings (SSSR count). The first-order chi connectivity index (χ1) is 13.6. The van der Waals surface area contributed by atoms with Gasteiger partial charge in [-0.25, -0.2) is 14.6 Å². The lowest BCUT2D eigenvalue weighted by molar-refractivity contribution is -0.143. The van der Waals surface area contributed by atoms with Gasteiger partial charge >= 0.3 is 12.0 Å². The van der Waals surface area contributed by atoms with Gasteiger partial charge in [0.2, 0.25) is 5.88 Å². The van der Waals surface area contributed by atoms with Crippen LogP contribution in [0.2, 0.25) is 0 Å². The van der Waals surface area contributed by atoms with Crippen LogP contribution >= 0.6 is 0 Å². The Morgan fingerprint density at radius 3 is 2.79 bits per heavy atom. The molecule has 1 atom stereocenters. The van der Waals surface area contributed by atoms with Crippen molar-refractivity contribution in [3.8, 4) is 5.88 Å². The summed E-state index contributed by atoms with van der Waals surface area (Å²) >= 11 is 0. The van der Waals surface area contributed by atoms with Gasteiger partial charge in [-0.15, -0.1) is 5.10 Å². The van der Waals surface area contributed by atoms with E-state index in [1.165, 1.54) is 26.5 Å². The zero-order valence-electron chi connectivity index (χ0n) is 15.1. The van der Waals surface area contributed by atoms with Gasteiger partial charge < -0.3 is 19.9 Å². The number of hydrogen-bond acceptors (Lipinski definition) is 8. The molecule has 0 aliphatic heterocycles. The Morgan fingerprint density at radius 1 is 1.32 bits per heavy atom. The smallest absolute Gasteiger partial charge is 0.334 e. The molecule has 3 aromatic rings. The van der Waals surface area contributed by atoms with Gasteiger partial charge in [0.25, 0.3) is 0 Å². The van der Waals surface area contributed by atoms with Gasteiger partial charge in [0.1, 0.15) is 5.82 Å². The van der Waals surface area contributed by atoms with E-state index in [9.17, 15) is 14.7 Å². The largest absolute Gasteiger partial charge is 0.479 e. The number of H-pyrrole nitrogens is 1. The fourth-order valence-corrected chi connectivity index (χ4v) is 2.62. The zero-order valence-corrected chi connectivity index (χ0v) is 15.1. The van der Waals surface area contributed by atoms with Crippen molar-refractivity contribution in [3.63, 3.8) is 0 Å². The van der Waals surface area contributed by atoms with Crippen molar-refractivity contribution in [3.05, 3.63) is 41.9 Å². The van der Waals surface area contributed by atoms with E-state index in [0.29, 0.717) is 16.6 Å². The first kappa shape index (κ1) is 19.0. The third-order valence-electron chi connectivity index (χ3n) is 3.87. The summed E-state index contributed by atoms with van der Waals surface area (Å²) in [5, 5.41) is 21.8. The van der Waals surface area contributed by atoms with Crippen molar-refractivity contribution in [1.29, 1.82) is 0 Å². The van der Waals surface area contributed by atoms with E-state index in [4.69, 9.17) is 9.47 Å². The molecule has 0 bridgehead atoms. The molecule has 3 heterocycles. The molecule has 0 unspecified atom stereocenters. The maximum Gasteiger partial charge on any atom is 0.334 e. The molecule has 28 heavy (non-hydrogen) atoms. The Morgan fingerprint density at radius 2 is 2.14 bits per heavy atom. The number of amides is 2. The number of hydrogen-bond donors (Lipinski definition) is 4. The second-order valence-corrected chi connectivity index (χ2v) is 5.58. The summed E-state index contributed by atoms with van der Waals surface area (Å²) in [6.07, 6.45) is 1.50. The first-order valence-electron chi connectivity index (χ1n) is 8.16. The molecule has 0 aromatic carbocycles. The summed E-state index contributed by atoms with van der Waals surface area (Å²) in [7, 11) is 2.66. The summed E-state index contributed by atoms with van der Waals surface area (Å²) in [6, 6.07) is 4.69. The minimum atomic E-state index is -1.10. The summed E-state index contributed by atoms with van der Waals surface area (Å²) < 4.78 is 9.85. The monoisotopic (exact) mass is 386 g/mol. The molecule has 0 saturated carbocycles. The molecule has 4 N–H and O–H groups in total. The summed E-state index contributed by atoms with van der Waals surface area (Å²) in [5.41, 5.74) is 1.11. The lowest BCUT2D eigenvalue weighted by Crippen LogP contribution is -2.38. The van der Waals surface area contributed by atoms with Gasteiger partial charge in [-0.05, 0) is 12.1 Å². The summed E-state index contributed by atoms with van der Waals surface area (Å²) in [6.45, 7) is -0.387. The second kappa shape index (κ2) is 8.31. The van der Waals surface area contributed by atoms with Crippen LogP contribution in [0, 0.1) is 0 Å². The van der Waals surface area contributed by atoms with Gasteiger partial charge in [0.05, 0.1) is 43.1 Å². The third kappa shape index (κ3) is 3.83. The minimum absolute atomic E-state index is 0.144. The molecule has 3 aromatic heterocycles. The lowest BCUT2D eigenvalue weighted by atomic mass is 10.2. The van der Waals surface area contributed by atoms with Crippen LogP contribution in [0.25, 0.3) is 10.9 Å². The number of aromatic nitrogens is 4. The van der Waals surface area contributed by atoms with Crippen molar-refractivity contribution < 1.29 is 24.2 Å². The molecule has 146 valence electrons. The molecule has 2 amide bonds. The molecular formula is C17H18N6O5. The topological polar surface area (TPSA) is 151 Å². The number of anilines is 1. The highest BCUT2D eigenvalue weighted by atomic mass is 16.5. The first-order valence-corrected chi connectivity index (χ1v) is 8.16. The van der Waals surface area contributed by atoms with Gasteiger partial charge in [-0.1, -0.05) is 6.07 Å². The highest BCUT2D eigenvalue weighted by Gasteiger charge is 2.25. The number of aromatic amines is 1. The lowest BCUT2D eigenvalue weighted by Gasteiger charge is -2.16. The normalized spacial score (nSPS) is 11.7. The van der Waals surface area contributed by atoms with Crippen molar-refractivity contribution in [1.82, 2.24) is 25.5 Å². The number of rotatable bonds is 6. The number of esters is 1. The minimum Gasteiger partial charge on any atom is -0.479 e. The molecule has 0 fully saturated rings. The molecule has 0 spiro atoms. The van der Waals surface area contributed by atoms with Crippen LogP contribution in [0.3, 0.4) is 0 Å². The van der Waals surface area contributed by atoms with E-state index in [1.807, 2.05) is 0 Å². The van der Waals surface area contributed by atoms with E-state index >= 15 is 0 Å². The maximum atomic E-state index is 12.4. The van der Waals surface area contributed by atoms with Crippen molar-refractivity contribution in [2.45, 2.75) is 12.6 Å². The average Bonchev–Trinajstić information content (AvgIpc) is 3.14. The van der Waals surface area contributed by atoms with E-state index in [0.717, 1.165) is 0 Å². The Hall–Kier alpha value is -3.73. The van der Waals surface area contributed by atoms with Crippen LogP contribution < -0.4 is 15.4 Å². The van der Waals surface area contributed by atoms with Crippen LogP contribution in [0.4, 0.5) is 10.6 Å². The van der Waals surface area contributed by atoms with Gasteiger partial charge in [0, 0.05) is 12.3 Å². The Balaban J connectivity index is 1.82. The molecular weight excluding hydrogens is 368 g/mol. The number of urea groups is 1. The number of pyridine rings is 2. The Kier molecular flexibility index (Phi) is 5.65. The standard InChI is InChI=1S/C17H18N6O5/c1-27-15-13-10(22-23-15)7-12(19-11(13)8-24)20-17(26)21-14(16(25)28-2)9-5-3-4-6-18-9/h3-7,14,24H,8H2,1-2H3,(H,22,23)(H2,19,20,21,26)/t14-/m0/s1. The van der Waals surface area contributed by atoms with Crippen LogP contribution in [0.5, 0.6) is 5.88 Å². The number of nitrogens with zero attached hydrogens (tertiary/aromatic N) is 3. The third-order valence-corrected chi connectivity index (χ3v) is 3.87. The molecule has 0 saturated heterocycles. The molecule has 11 nitrogen and oxygen atoms in total. The van der Waals surface area contributed by atoms with E-state index in [1.54, 1.807) is 18.2 Å². The van der Waals surface area contributed by atoms with Gasteiger partial charge in [-0.3, -0.25) is 15.4 Å². The summed E-state index contributed by atoms with van der Waals surface area (Å²) in [4.78, 5) is 32.7. The van der Waals surface area contributed by atoms with E-state index in [-0.39, 0.29) is 24.0 Å². The second-order valence-electron chi connectivity index (χ2n) is 5.58. The predicted molar refractivity (Wildman–Crippen MR) is 97.5 cm³/mol. The van der Waals surface area contributed by atoms with Crippen LogP contribution in [0.1, 0.15) is 17.4 Å². The van der Waals surface area contributed by atoms with Gasteiger partial charge in [0.15, 0.2) is 6.04 Å². The van der Waals surface area contributed by atoms with Crippen LogP contribution in [-0.4, -0.2) is 51.5 Å². The number of fused-ring (bicyclic) bond motifs is 1. The van der Waals surface area contributed by atoms with Crippen LogP contribution in [-0.2, 0) is 16.1 Å².